The Morgan fingerprint density at radius 1 is 1.44 bits per heavy atom. The number of likely N-dealkylation sites (N-methyl/N-ethyl adjacent to an activating group) is 1. The lowest BCUT2D eigenvalue weighted by molar-refractivity contribution is 0.465. The summed E-state index contributed by atoms with van der Waals surface area (Å²) in [5, 5.41) is 0. The minimum Gasteiger partial charge on any atom is -0.357 e. The van der Waals surface area contributed by atoms with E-state index in [0.29, 0.717) is 0 Å². The van der Waals surface area contributed by atoms with Crippen LogP contribution in [0.2, 0.25) is 0 Å². The van der Waals surface area contributed by atoms with Crippen LogP contribution in [-0.2, 0) is 0 Å². The molecule has 1 aliphatic rings. The van der Waals surface area contributed by atoms with E-state index in [1.807, 2.05) is 12.3 Å². The van der Waals surface area contributed by atoms with Gasteiger partial charge in [0.15, 0.2) is 0 Å². The lowest BCUT2D eigenvalue weighted by Crippen LogP contribution is -2.30. The van der Waals surface area contributed by atoms with Crippen molar-refractivity contribution in [1.82, 2.24) is 4.90 Å². The van der Waals surface area contributed by atoms with Crippen LogP contribution in [0.4, 0.5) is 0 Å². The molecule has 0 radical (unpaired) electrons. The number of hydrogen-bond donors (Lipinski definition) is 0. The number of rotatable bonds is 2. The Balaban J connectivity index is 2.38. The molecule has 0 atom stereocenters. The monoisotopic (exact) mass is 124 g/mol. The predicted molar refractivity (Wildman–Crippen MR) is 39.5 cm³/mol. The first-order valence-electron chi connectivity index (χ1n) is 3.37. The number of aliphatic imine (C=N–C) groups is 1. The molecule has 0 unspecified atom stereocenters. The molecule has 1 heterocycles. The van der Waals surface area contributed by atoms with Crippen LogP contribution >= 0.6 is 0 Å². The lowest BCUT2D eigenvalue weighted by atomic mass is 10.4. The van der Waals surface area contributed by atoms with Gasteiger partial charge in [-0.05, 0) is 19.9 Å². The Labute approximate surface area is 55.9 Å². The molecule has 50 valence electrons. The van der Waals surface area contributed by atoms with Gasteiger partial charge in [-0.1, -0.05) is 0 Å². The van der Waals surface area contributed by atoms with Gasteiger partial charge < -0.3 is 4.90 Å². The van der Waals surface area contributed by atoms with Crippen molar-refractivity contribution >= 4 is 5.84 Å². The van der Waals surface area contributed by atoms with E-state index in [2.05, 4.69) is 23.7 Å². The fourth-order valence-corrected chi connectivity index (χ4v) is 0.876. The Morgan fingerprint density at radius 3 is 2.11 bits per heavy atom. The van der Waals surface area contributed by atoms with E-state index in [-0.39, 0.29) is 0 Å². The Morgan fingerprint density at radius 2 is 2.00 bits per heavy atom. The number of hydrogen-bond acceptors (Lipinski definition) is 2. The third kappa shape index (κ3) is 1.12. The topological polar surface area (TPSA) is 15.6 Å². The second-order valence-electron chi connectivity index (χ2n) is 1.98. The highest BCUT2D eigenvalue weighted by Gasteiger charge is 2.05. The fourth-order valence-electron chi connectivity index (χ4n) is 0.876. The molecule has 1 rings (SSSR count). The minimum absolute atomic E-state index is 1.06. The van der Waals surface area contributed by atoms with Gasteiger partial charge in [0.1, 0.15) is 5.84 Å². The summed E-state index contributed by atoms with van der Waals surface area (Å²) in [5.74, 6) is 1.13. The van der Waals surface area contributed by atoms with Crippen molar-refractivity contribution in [2.24, 2.45) is 4.99 Å². The minimum atomic E-state index is 1.06. The van der Waals surface area contributed by atoms with Crippen LogP contribution in [0.15, 0.2) is 17.3 Å². The summed E-state index contributed by atoms with van der Waals surface area (Å²) in [6.07, 6.45) is 3.86. The maximum absolute atomic E-state index is 4.07. The van der Waals surface area contributed by atoms with Gasteiger partial charge in [-0.2, -0.15) is 0 Å². The van der Waals surface area contributed by atoms with E-state index in [4.69, 9.17) is 0 Å². The van der Waals surface area contributed by atoms with Crippen LogP contribution in [0.3, 0.4) is 0 Å². The molecule has 0 aromatic heterocycles. The van der Waals surface area contributed by atoms with Gasteiger partial charge in [0.05, 0.1) is 0 Å². The highest BCUT2D eigenvalue weighted by atomic mass is 15.2. The average Bonchev–Trinajstić information content (AvgIpc) is 1.78. The Kier molecular flexibility index (Phi) is 1.88. The van der Waals surface area contributed by atoms with E-state index < -0.39 is 0 Å². The first kappa shape index (κ1) is 6.33. The van der Waals surface area contributed by atoms with Gasteiger partial charge in [0.2, 0.25) is 0 Å². The molecular weight excluding hydrogens is 112 g/mol. The van der Waals surface area contributed by atoms with Crippen LogP contribution in [-0.4, -0.2) is 23.8 Å². The molecule has 0 aromatic carbocycles. The van der Waals surface area contributed by atoms with Gasteiger partial charge >= 0.3 is 0 Å². The first-order valence-corrected chi connectivity index (χ1v) is 3.37. The van der Waals surface area contributed by atoms with Crippen LogP contribution in [0, 0.1) is 0 Å². The second kappa shape index (κ2) is 2.67. The van der Waals surface area contributed by atoms with Crippen LogP contribution in [0.5, 0.6) is 0 Å². The van der Waals surface area contributed by atoms with Gasteiger partial charge in [-0.3, -0.25) is 0 Å². The van der Waals surface area contributed by atoms with Crippen molar-refractivity contribution in [3.05, 3.63) is 12.3 Å². The molecule has 9 heavy (non-hydrogen) atoms. The number of amidine groups is 1. The summed E-state index contributed by atoms with van der Waals surface area (Å²) in [4.78, 5) is 6.30. The normalized spacial score (nSPS) is 14.7. The molecule has 0 fully saturated rings. The van der Waals surface area contributed by atoms with Crippen molar-refractivity contribution in [3.63, 3.8) is 0 Å². The summed E-state index contributed by atoms with van der Waals surface area (Å²) >= 11 is 0. The van der Waals surface area contributed by atoms with E-state index in [1.54, 1.807) is 0 Å². The molecular formula is C7H12N2. The average molecular weight is 124 g/mol. The molecule has 2 heteroatoms. The predicted octanol–water partition coefficient (Wildman–Crippen LogP) is 1.25. The van der Waals surface area contributed by atoms with Gasteiger partial charge in [-0.25, -0.2) is 4.99 Å². The molecule has 0 bridgehead atoms. The van der Waals surface area contributed by atoms with E-state index in [1.165, 1.54) is 0 Å². The van der Waals surface area contributed by atoms with Crippen LogP contribution in [0.25, 0.3) is 0 Å². The maximum Gasteiger partial charge on any atom is 0.129 e. The lowest BCUT2D eigenvalue weighted by Gasteiger charge is -2.22. The molecule has 0 aliphatic carbocycles. The molecule has 0 amide bonds. The molecule has 0 aromatic rings. The van der Waals surface area contributed by atoms with Crippen LogP contribution in [0.1, 0.15) is 13.8 Å². The van der Waals surface area contributed by atoms with E-state index in [0.717, 1.165) is 18.9 Å². The molecule has 0 saturated heterocycles. The molecule has 0 saturated carbocycles. The van der Waals surface area contributed by atoms with Crippen LogP contribution < -0.4 is 0 Å². The van der Waals surface area contributed by atoms with Crippen molar-refractivity contribution in [1.29, 1.82) is 0 Å². The Bertz CT molecular complexity index is 143. The van der Waals surface area contributed by atoms with Crippen molar-refractivity contribution in [2.75, 3.05) is 13.1 Å². The highest BCUT2D eigenvalue weighted by molar-refractivity contribution is 5.97. The SMILES string of the molecule is CCN(CC)C1=NC=C1. The van der Waals surface area contributed by atoms with E-state index >= 15 is 0 Å². The summed E-state index contributed by atoms with van der Waals surface area (Å²) in [6, 6.07) is 0. The molecule has 0 N–H and O–H groups in total. The third-order valence-electron chi connectivity index (χ3n) is 1.52. The van der Waals surface area contributed by atoms with Gasteiger partial charge in [0, 0.05) is 19.3 Å². The largest absolute Gasteiger partial charge is 0.357 e. The smallest absolute Gasteiger partial charge is 0.129 e. The highest BCUT2D eigenvalue weighted by Crippen LogP contribution is 2.01. The third-order valence-corrected chi connectivity index (χ3v) is 1.52. The van der Waals surface area contributed by atoms with Crippen molar-refractivity contribution in [3.8, 4) is 0 Å². The summed E-state index contributed by atoms with van der Waals surface area (Å²) in [6.45, 7) is 6.38. The zero-order chi connectivity index (χ0) is 6.69. The first-order chi connectivity index (χ1) is 4.38. The maximum atomic E-state index is 4.07. The van der Waals surface area contributed by atoms with Crippen molar-refractivity contribution in [2.45, 2.75) is 13.8 Å². The fraction of sp³-hybridized carbons (Fsp3) is 0.571. The quantitative estimate of drug-likeness (QED) is 0.541. The summed E-state index contributed by atoms with van der Waals surface area (Å²) in [7, 11) is 0. The second-order valence-corrected chi connectivity index (χ2v) is 1.98. The molecule has 0 spiro atoms. The van der Waals surface area contributed by atoms with Crippen molar-refractivity contribution < 1.29 is 0 Å². The standard InChI is InChI=1S/C7H12N2/c1-3-9(4-2)7-5-6-8-7/h5-6H,3-4H2,1-2H3. The number of nitrogens with zero attached hydrogens (tertiary/aromatic N) is 2. The summed E-state index contributed by atoms with van der Waals surface area (Å²) in [5.41, 5.74) is 0. The molecule has 2 nitrogen and oxygen atoms in total. The Hall–Kier alpha value is -0.790. The summed E-state index contributed by atoms with van der Waals surface area (Å²) < 4.78 is 0. The molecule has 1 aliphatic heterocycles. The van der Waals surface area contributed by atoms with Gasteiger partial charge in [0.25, 0.3) is 0 Å². The zero-order valence-electron chi connectivity index (χ0n) is 5.96. The van der Waals surface area contributed by atoms with E-state index in [9.17, 15) is 0 Å². The van der Waals surface area contributed by atoms with Gasteiger partial charge in [-0.15, -0.1) is 0 Å². The zero-order valence-corrected chi connectivity index (χ0v) is 5.96.